The maximum Gasteiger partial charge on any atom is 0.246 e. The summed E-state index contributed by atoms with van der Waals surface area (Å²) in [6, 6.07) is 1.16. The van der Waals surface area contributed by atoms with Gasteiger partial charge in [0.2, 0.25) is 10.0 Å². The molecule has 0 aliphatic heterocycles. The van der Waals surface area contributed by atoms with Crippen molar-refractivity contribution in [1.82, 2.24) is 4.31 Å². The fourth-order valence-electron chi connectivity index (χ4n) is 2.66. The average molecular weight is 321 g/mol. The Balaban J connectivity index is 2.32. The molecule has 0 amide bonds. The molecule has 0 radical (unpaired) electrons. The predicted molar refractivity (Wildman–Crippen MR) is 72.7 cm³/mol. The first-order chi connectivity index (χ1) is 9.75. The van der Waals surface area contributed by atoms with Gasteiger partial charge in [-0.3, -0.25) is 0 Å². The molecule has 1 saturated carbocycles. The molecule has 0 bridgehead atoms. The molecule has 0 atom stereocenters. The van der Waals surface area contributed by atoms with Crippen LogP contribution in [0.1, 0.15) is 32.6 Å². The summed E-state index contributed by atoms with van der Waals surface area (Å²) in [4.78, 5) is -0.817. The zero-order chi connectivity index (χ0) is 15.8. The Morgan fingerprint density at radius 2 is 1.62 bits per heavy atom. The lowest BCUT2D eigenvalue weighted by Crippen LogP contribution is -2.39. The first kappa shape index (κ1) is 16.3. The summed E-state index contributed by atoms with van der Waals surface area (Å²) in [5.41, 5.74) is 0. The third-order valence-corrected chi connectivity index (χ3v) is 6.08. The van der Waals surface area contributed by atoms with Crippen LogP contribution in [0.25, 0.3) is 0 Å². The van der Waals surface area contributed by atoms with E-state index in [0.717, 1.165) is 23.2 Å². The second kappa shape index (κ2) is 5.96. The molecular formula is C14H18F3NO2S. The van der Waals surface area contributed by atoms with Crippen LogP contribution in [0.2, 0.25) is 0 Å². The van der Waals surface area contributed by atoms with Gasteiger partial charge in [0, 0.05) is 13.1 Å². The summed E-state index contributed by atoms with van der Waals surface area (Å²) in [7, 11) is -2.82. The Hall–Kier alpha value is -1.08. The molecule has 2 rings (SSSR count). The van der Waals surface area contributed by atoms with Crippen LogP contribution in [0.4, 0.5) is 13.2 Å². The highest BCUT2D eigenvalue weighted by atomic mass is 32.2. The van der Waals surface area contributed by atoms with E-state index in [-0.39, 0.29) is 6.04 Å². The summed E-state index contributed by atoms with van der Waals surface area (Å²) in [5.74, 6) is -4.29. The summed E-state index contributed by atoms with van der Waals surface area (Å²) in [6.07, 6.45) is 3.15. The standard InChI is InChI=1S/C14H18F3NO2S/c1-9-3-5-10(6-4-9)18(2)21(19,20)12-8-7-11(15)13(16)14(12)17/h7-10H,3-6H2,1-2H3. The van der Waals surface area contributed by atoms with Gasteiger partial charge in [-0.25, -0.2) is 21.6 Å². The number of hydrogen-bond acceptors (Lipinski definition) is 2. The number of rotatable bonds is 3. The molecule has 0 unspecified atom stereocenters. The maximum atomic E-state index is 13.7. The monoisotopic (exact) mass is 321 g/mol. The summed E-state index contributed by atoms with van der Waals surface area (Å²) >= 11 is 0. The minimum Gasteiger partial charge on any atom is -0.207 e. The smallest absolute Gasteiger partial charge is 0.207 e. The minimum atomic E-state index is -4.17. The van der Waals surface area contributed by atoms with Gasteiger partial charge in [-0.2, -0.15) is 4.31 Å². The van der Waals surface area contributed by atoms with Crippen molar-refractivity contribution in [2.45, 2.75) is 43.5 Å². The zero-order valence-electron chi connectivity index (χ0n) is 11.9. The van der Waals surface area contributed by atoms with Crippen molar-refractivity contribution < 1.29 is 21.6 Å². The quantitative estimate of drug-likeness (QED) is 0.801. The average Bonchev–Trinajstić information content (AvgIpc) is 2.44. The van der Waals surface area contributed by atoms with Gasteiger partial charge in [0.1, 0.15) is 4.90 Å². The van der Waals surface area contributed by atoms with E-state index in [1.165, 1.54) is 7.05 Å². The molecule has 0 N–H and O–H groups in total. The van der Waals surface area contributed by atoms with Crippen molar-refractivity contribution >= 4 is 10.0 Å². The van der Waals surface area contributed by atoms with Crippen molar-refractivity contribution in [3.05, 3.63) is 29.6 Å². The van der Waals surface area contributed by atoms with Crippen molar-refractivity contribution in [1.29, 1.82) is 0 Å². The van der Waals surface area contributed by atoms with Crippen molar-refractivity contribution in [3.8, 4) is 0 Å². The van der Waals surface area contributed by atoms with Crippen LogP contribution >= 0.6 is 0 Å². The fraction of sp³-hybridized carbons (Fsp3) is 0.571. The molecule has 7 heteroatoms. The number of halogens is 3. The SMILES string of the molecule is CC1CCC(N(C)S(=O)(=O)c2ccc(F)c(F)c2F)CC1. The van der Waals surface area contributed by atoms with Gasteiger partial charge in [-0.1, -0.05) is 6.92 Å². The highest BCUT2D eigenvalue weighted by molar-refractivity contribution is 7.89. The topological polar surface area (TPSA) is 37.4 Å². The zero-order valence-corrected chi connectivity index (χ0v) is 12.8. The van der Waals surface area contributed by atoms with E-state index in [1.807, 2.05) is 0 Å². The van der Waals surface area contributed by atoms with Crippen molar-refractivity contribution in [3.63, 3.8) is 0 Å². The Morgan fingerprint density at radius 1 is 1.05 bits per heavy atom. The fourth-order valence-corrected chi connectivity index (χ4v) is 4.13. The third kappa shape index (κ3) is 3.08. The largest absolute Gasteiger partial charge is 0.246 e. The molecule has 1 aliphatic carbocycles. The molecule has 3 nitrogen and oxygen atoms in total. The summed E-state index contributed by atoms with van der Waals surface area (Å²) in [5, 5.41) is 0. The van der Waals surface area contributed by atoms with Gasteiger partial charge in [-0.05, 0) is 43.7 Å². The van der Waals surface area contributed by atoms with E-state index in [2.05, 4.69) is 6.92 Å². The second-order valence-corrected chi connectivity index (χ2v) is 7.57. The van der Waals surface area contributed by atoms with Gasteiger partial charge < -0.3 is 0 Å². The van der Waals surface area contributed by atoms with Crippen LogP contribution in [0.5, 0.6) is 0 Å². The van der Waals surface area contributed by atoms with Crippen LogP contribution in [0.15, 0.2) is 17.0 Å². The van der Waals surface area contributed by atoms with Crippen LogP contribution in [0.3, 0.4) is 0 Å². The van der Waals surface area contributed by atoms with E-state index in [0.29, 0.717) is 24.8 Å². The molecule has 1 aromatic rings. The molecule has 0 heterocycles. The number of sulfonamides is 1. The van der Waals surface area contributed by atoms with Crippen LogP contribution in [-0.4, -0.2) is 25.8 Å². The van der Waals surface area contributed by atoms with E-state index in [9.17, 15) is 21.6 Å². The molecule has 0 spiro atoms. The molecular weight excluding hydrogens is 303 g/mol. The van der Waals surface area contributed by atoms with Crippen molar-refractivity contribution in [2.75, 3.05) is 7.05 Å². The lowest BCUT2D eigenvalue weighted by atomic mass is 9.87. The second-order valence-electron chi connectivity index (χ2n) is 5.61. The lowest BCUT2D eigenvalue weighted by Gasteiger charge is -2.32. The number of nitrogens with zero attached hydrogens (tertiary/aromatic N) is 1. The molecule has 0 saturated heterocycles. The van der Waals surface area contributed by atoms with Crippen molar-refractivity contribution in [2.24, 2.45) is 5.92 Å². The highest BCUT2D eigenvalue weighted by Crippen LogP contribution is 2.30. The number of benzene rings is 1. The lowest BCUT2D eigenvalue weighted by molar-refractivity contribution is 0.245. The first-order valence-corrected chi connectivity index (χ1v) is 8.30. The number of hydrogen-bond donors (Lipinski definition) is 0. The van der Waals surface area contributed by atoms with Gasteiger partial charge >= 0.3 is 0 Å². The summed E-state index contributed by atoms with van der Waals surface area (Å²) < 4.78 is 65.8. The normalized spacial score (nSPS) is 23.5. The highest BCUT2D eigenvalue weighted by Gasteiger charge is 2.33. The van der Waals surface area contributed by atoms with Crippen LogP contribution < -0.4 is 0 Å². The Labute approximate surface area is 122 Å². The Morgan fingerprint density at radius 3 is 2.19 bits per heavy atom. The summed E-state index contributed by atoms with van der Waals surface area (Å²) in [6.45, 7) is 2.10. The van der Waals surface area contributed by atoms with Crippen LogP contribution in [0, 0.1) is 23.4 Å². The van der Waals surface area contributed by atoms with Crippen LogP contribution in [-0.2, 0) is 10.0 Å². The van der Waals surface area contributed by atoms with Gasteiger partial charge in [-0.15, -0.1) is 0 Å². The van der Waals surface area contributed by atoms with Gasteiger partial charge in [0.25, 0.3) is 0 Å². The van der Waals surface area contributed by atoms with E-state index in [1.54, 1.807) is 0 Å². The third-order valence-electron chi connectivity index (χ3n) is 4.16. The Kier molecular flexibility index (Phi) is 4.63. The predicted octanol–water partition coefficient (Wildman–Crippen LogP) is 3.30. The molecule has 1 aromatic carbocycles. The Bertz CT molecular complexity index is 625. The molecule has 118 valence electrons. The maximum absolute atomic E-state index is 13.7. The van der Waals surface area contributed by atoms with E-state index < -0.39 is 32.4 Å². The molecule has 0 aromatic heterocycles. The first-order valence-electron chi connectivity index (χ1n) is 6.86. The molecule has 21 heavy (non-hydrogen) atoms. The van der Waals surface area contributed by atoms with Gasteiger partial charge in [0.05, 0.1) is 0 Å². The van der Waals surface area contributed by atoms with E-state index >= 15 is 0 Å². The minimum absolute atomic E-state index is 0.237. The van der Waals surface area contributed by atoms with Gasteiger partial charge in [0.15, 0.2) is 17.5 Å². The molecule has 1 fully saturated rings. The van der Waals surface area contributed by atoms with E-state index in [4.69, 9.17) is 0 Å². The molecule has 1 aliphatic rings.